The van der Waals surface area contributed by atoms with Crippen LogP contribution in [0.2, 0.25) is 0 Å². The van der Waals surface area contributed by atoms with Crippen LogP contribution in [0, 0.1) is 11.8 Å². The highest BCUT2D eigenvalue weighted by Gasteiger charge is 2.25. The molecular weight excluding hydrogens is 280 g/mol. The predicted molar refractivity (Wildman–Crippen MR) is 84.2 cm³/mol. The van der Waals surface area contributed by atoms with Crippen molar-refractivity contribution in [1.29, 1.82) is 0 Å². The van der Waals surface area contributed by atoms with Gasteiger partial charge in [0.1, 0.15) is 12.2 Å². The van der Waals surface area contributed by atoms with Gasteiger partial charge in [-0.1, -0.05) is 25.7 Å². The third-order valence-electron chi connectivity index (χ3n) is 5.09. The van der Waals surface area contributed by atoms with Crippen molar-refractivity contribution in [2.24, 2.45) is 11.8 Å². The monoisotopic (exact) mass is 308 g/mol. The second kappa shape index (κ2) is 8.35. The molecule has 22 heavy (non-hydrogen) atoms. The number of esters is 2. The average Bonchev–Trinajstić information content (AvgIpc) is 3.17. The third kappa shape index (κ3) is 5.15. The molecule has 0 aromatic heterocycles. The minimum Gasteiger partial charge on any atom is -0.459 e. The standard InChI is InChI=1S/C18H28O4/c1-13(15-7-3-4-8-15)21-17(19)11-12-18(20)22-14(2)16-9-5-6-10-16/h11-16H,3-10H2,1-2H3/b12-11+. The molecule has 0 aromatic carbocycles. The van der Waals surface area contributed by atoms with Crippen LogP contribution in [-0.4, -0.2) is 24.1 Å². The van der Waals surface area contributed by atoms with Gasteiger partial charge in [0.25, 0.3) is 0 Å². The van der Waals surface area contributed by atoms with E-state index in [0.29, 0.717) is 11.8 Å². The molecule has 2 saturated carbocycles. The smallest absolute Gasteiger partial charge is 0.331 e. The SMILES string of the molecule is CC(OC(=O)/C=C/C(=O)OC(C)C1CCCC1)C1CCCC1. The summed E-state index contributed by atoms with van der Waals surface area (Å²) >= 11 is 0. The van der Waals surface area contributed by atoms with E-state index in [1.807, 2.05) is 13.8 Å². The molecule has 0 radical (unpaired) electrons. The van der Waals surface area contributed by atoms with E-state index in [0.717, 1.165) is 25.7 Å². The lowest BCUT2D eigenvalue weighted by atomic mass is 10.0. The van der Waals surface area contributed by atoms with E-state index in [1.165, 1.54) is 37.8 Å². The number of carbonyl (C=O) groups excluding carboxylic acids is 2. The molecule has 124 valence electrons. The van der Waals surface area contributed by atoms with Crippen LogP contribution in [-0.2, 0) is 19.1 Å². The molecule has 2 fully saturated rings. The zero-order chi connectivity index (χ0) is 15.9. The highest BCUT2D eigenvalue weighted by atomic mass is 16.5. The van der Waals surface area contributed by atoms with Crippen LogP contribution < -0.4 is 0 Å². The van der Waals surface area contributed by atoms with E-state index in [1.54, 1.807) is 0 Å². The fourth-order valence-corrected chi connectivity index (χ4v) is 3.63. The minimum atomic E-state index is -0.454. The topological polar surface area (TPSA) is 52.6 Å². The van der Waals surface area contributed by atoms with Crippen molar-refractivity contribution < 1.29 is 19.1 Å². The first kappa shape index (κ1) is 17.0. The van der Waals surface area contributed by atoms with Crippen LogP contribution >= 0.6 is 0 Å². The predicted octanol–water partition coefficient (Wildman–Crippen LogP) is 3.79. The summed E-state index contributed by atoms with van der Waals surface area (Å²) in [7, 11) is 0. The molecule has 2 rings (SSSR count). The lowest BCUT2D eigenvalue weighted by molar-refractivity contribution is -0.147. The molecule has 0 aliphatic heterocycles. The lowest BCUT2D eigenvalue weighted by Gasteiger charge is -2.19. The van der Waals surface area contributed by atoms with E-state index in [9.17, 15) is 9.59 Å². The largest absolute Gasteiger partial charge is 0.459 e. The van der Waals surface area contributed by atoms with Gasteiger partial charge in [0, 0.05) is 12.2 Å². The van der Waals surface area contributed by atoms with Crippen molar-refractivity contribution in [3.8, 4) is 0 Å². The van der Waals surface area contributed by atoms with E-state index in [2.05, 4.69) is 0 Å². The second-order valence-corrected chi connectivity index (χ2v) is 6.71. The van der Waals surface area contributed by atoms with Crippen LogP contribution in [0.15, 0.2) is 12.2 Å². The molecule has 0 saturated heterocycles. The van der Waals surface area contributed by atoms with Crippen molar-refractivity contribution in [3.63, 3.8) is 0 Å². The Kier molecular flexibility index (Phi) is 6.47. The first-order valence-corrected chi connectivity index (χ1v) is 8.65. The molecule has 0 spiro atoms. The Morgan fingerprint density at radius 1 is 0.773 bits per heavy atom. The first-order valence-electron chi connectivity index (χ1n) is 8.65. The van der Waals surface area contributed by atoms with Crippen LogP contribution in [0.3, 0.4) is 0 Å². The van der Waals surface area contributed by atoms with Gasteiger partial charge in [-0.25, -0.2) is 9.59 Å². The van der Waals surface area contributed by atoms with Gasteiger partial charge in [-0.05, 0) is 51.4 Å². The number of ether oxygens (including phenoxy) is 2. The summed E-state index contributed by atoms with van der Waals surface area (Å²) in [4.78, 5) is 23.5. The summed E-state index contributed by atoms with van der Waals surface area (Å²) in [5.74, 6) is 0.0214. The fraction of sp³-hybridized carbons (Fsp3) is 0.778. The van der Waals surface area contributed by atoms with Gasteiger partial charge in [0.2, 0.25) is 0 Å². The van der Waals surface area contributed by atoms with Gasteiger partial charge < -0.3 is 9.47 Å². The Hall–Kier alpha value is -1.32. The third-order valence-corrected chi connectivity index (χ3v) is 5.09. The second-order valence-electron chi connectivity index (χ2n) is 6.71. The van der Waals surface area contributed by atoms with Crippen LogP contribution in [0.5, 0.6) is 0 Å². The first-order chi connectivity index (χ1) is 10.6. The molecule has 0 aromatic rings. The highest BCUT2D eigenvalue weighted by Crippen LogP contribution is 2.30. The summed E-state index contributed by atoms with van der Waals surface area (Å²) in [6, 6.07) is 0. The molecule has 0 amide bonds. The van der Waals surface area contributed by atoms with Crippen LogP contribution in [0.4, 0.5) is 0 Å². The Bertz CT molecular complexity index is 365. The Balaban J connectivity index is 1.70. The zero-order valence-corrected chi connectivity index (χ0v) is 13.8. The van der Waals surface area contributed by atoms with Gasteiger partial charge in [-0.15, -0.1) is 0 Å². The van der Waals surface area contributed by atoms with Crippen LogP contribution in [0.1, 0.15) is 65.2 Å². The van der Waals surface area contributed by atoms with Crippen molar-refractivity contribution in [3.05, 3.63) is 12.2 Å². The molecule has 0 N–H and O–H groups in total. The lowest BCUT2D eigenvalue weighted by Crippen LogP contribution is -2.22. The normalized spacial score (nSPS) is 22.8. The summed E-state index contributed by atoms with van der Waals surface area (Å²) in [6.45, 7) is 3.87. The molecule has 0 heterocycles. The molecular formula is C18H28O4. The molecule has 4 heteroatoms. The Morgan fingerprint density at radius 3 is 1.41 bits per heavy atom. The summed E-state index contributed by atoms with van der Waals surface area (Å²) in [6.07, 6.45) is 11.6. The molecule has 2 aliphatic carbocycles. The summed E-state index contributed by atoms with van der Waals surface area (Å²) in [5, 5.41) is 0. The molecule has 2 unspecified atom stereocenters. The quantitative estimate of drug-likeness (QED) is 0.553. The van der Waals surface area contributed by atoms with Gasteiger partial charge in [-0.3, -0.25) is 0 Å². The van der Waals surface area contributed by atoms with E-state index >= 15 is 0 Å². The maximum atomic E-state index is 11.7. The van der Waals surface area contributed by atoms with Crippen molar-refractivity contribution in [1.82, 2.24) is 0 Å². The molecule has 0 bridgehead atoms. The zero-order valence-electron chi connectivity index (χ0n) is 13.8. The minimum absolute atomic E-state index is 0.0758. The maximum Gasteiger partial charge on any atom is 0.331 e. The van der Waals surface area contributed by atoms with Gasteiger partial charge >= 0.3 is 11.9 Å². The van der Waals surface area contributed by atoms with Crippen LogP contribution in [0.25, 0.3) is 0 Å². The summed E-state index contributed by atoms with van der Waals surface area (Å²) < 4.78 is 10.7. The number of rotatable bonds is 6. The number of hydrogen-bond donors (Lipinski definition) is 0. The van der Waals surface area contributed by atoms with Gasteiger partial charge in [0.15, 0.2) is 0 Å². The summed E-state index contributed by atoms with van der Waals surface area (Å²) in [5.41, 5.74) is 0. The van der Waals surface area contributed by atoms with Gasteiger partial charge in [0.05, 0.1) is 0 Å². The van der Waals surface area contributed by atoms with E-state index in [4.69, 9.17) is 9.47 Å². The molecule has 2 atom stereocenters. The van der Waals surface area contributed by atoms with Crippen molar-refractivity contribution in [2.75, 3.05) is 0 Å². The van der Waals surface area contributed by atoms with E-state index < -0.39 is 11.9 Å². The van der Waals surface area contributed by atoms with Crippen molar-refractivity contribution in [2.45, 2.75) is 77.4 Å². The van der Waals surface area contributed by atoms with Crippen molar-refractivity contribution >= 4 is 11.9 Å². The number of hydrogen-bond acceptors (Lipinski definition) is 4. The number of carbonyl (C=O) groups is 2. The highest BCUT2D eigenvalue weighted by molar-refractivity contribution is 5.91. The Labute approximate surface area is 133 Å². The Morgan fingerprint density at radius 2 is 1.09 bits per heavy atom. The fourth-order valence-electron chi connectivity index (χ4n) is 3.63. The molecule has 4 nitrogen and oxygen atoms in total. The van der Waals surface area contributed by atoms with Gasteiger partial charge in [-0.2, -0.15) is 0 Å². The molecule has 2 aliphatic rings. The average molecular weight is 308 g/mol. The maximum absolute atomic E-state index is 11.7. The van der Waals surface area contributed by atoms with E-state index in [-0.39, 0.29) is 12.2 Å².